The van der Waals surface area contributed by atoms with Crippen molar-refractivity contribution in [3.05, 3.63) is 0 Å². The Morgan fingerprint density at radius 1 is 0.941 bits per heavy atom. The average molecular weight is 240 g/mol. The molecule has 1 heterocycles. The van der Waals surface area contributed by atoms with E-state index in [2.05, 4.69) is 31.0 Å². The summed E-state index contributed by atoms with van der Waals surface area (Å²) in [5.41, 5.74) is 0. The summed E-state index contributed by atoms with van der Waals surface area (Å²) in [6.07, 6.45) is 8.35. The molecule has 1 saturated heterocycles. The molecule has 1 fully saturated rings. The van der Waals surface area contributed by atoms with Gasteiger partial charge in [-0.15, -0.1) is 0 Å². The van der Waals surface area contributed by atoms with Gasteiger partial charge < -0.3 is 10.2 Å². The molecule has 1 aliphatic rings. The van der Waals surface area contributed by atoms with Crippen molar-refractivity contribution in [2.75, 3.05) is 26.2 Å². The summed E-state index contributed by atoms with van der Waals surface area (Å²) in [6.45, 7) is 12.0. The van der Waals surface area contributed by atoms with Crippen LogP contribution in [0.3, 0.4) is 0 Å². The first-order chi connectivity index (χ1) is 8.18. The standard InChI is InChI=1S/C15H32N2/c1-14(2)8-9-15(3)16-10-13-17-11-6-4-5-7-12-17/h14-16H,4-13H2,1-3H3. The maximum Gasteiger partial charge on any atom is 0.0107 e. The smallest absolute Gasteiger partial charge is 0.0107 e. The molecule has 0 aliphatic carbocycles. The van der Waals surface area contributed by atoms with Gasteiger partial charge in [-0.1, -0.05) is 26.7 Å². The van der Waals surface area contributed by atoms with Gasteiger partial charge >= 0.3 is 0 Å². The van der Waals surface area contributed by atoms with Gasteiger partial charge in [-0.05, 0) is 51.6 Å². The molecule has 102 valence electrons. The van der Waals surface area contributed by atoms with Crippen LogP contribution in [0, 0.1) is 5.92 Å². The molecular formula is C15H32N2. The van der Waals surface area contributed by atoms with Gasteiger partial charge in [0.05, 0.1) is 0 Å². The van der Waals surface area contributed by atoms with Crippen molar-refractivity contribution in [1.82, 2.24) is 10.2 Å². The minimum atomic E-state index is 0.685. The molecule has 0 saturated carbocycles. The van der Waals surface area contributed by atoms with Gasteiger partial charge in [0.1, 0.15) is 0 Å². The molecule has 0 amide bonds. The van der Waals surface area contributed by atoms with Crippen molar-refractivity contribution >= 4 is 0 Å². The van der Waals surface area contributed by atoms with E-state index in [0.717, 1.165) is 5.92 Å². The van der Waals surface area contributed by atoms with Crippen LogP contribution in [0.25, 0.3) is 0 Å². The molecule has 1 aliphatic heterocycles. The second-order valence-electron chi connectivity index (χ2n) is 6.08. The van der Waals surface area contributed by atoms with Crippen molar-refractivity contribution in [3.63, 3.8) is 0 Å². The summed E-state index contributed by atoms with van der Waals surface area (Å²) in [4.78, 5) is 2.63. The van der Waals surface area contributed by atoms with E-state index in [1.807, 2.05) is 0 Å². The van der Waals surface area contributed by atoms with Crippen molar-refractivity contribution < 1.29 is 0 Å². The predicted molar refractivity (Wildman–Crippen MR) is 76.4 cm³/mol. The number of nitrogens with one attached hydrogen (secondary N) is 1. The molecule has 0 aromatic heterocycles. The van der Waals surface area contributed by atoms with Crippen LogP contribution in [-0.2, 0) is 0 Å². The fraction of sp³-hybridized carbons (Fsp3) is 1.00. The molecule has 0 bridgehead atoms. The number of nitrogens with zero attached hydrogens (tertiary/aromatic N) is 1. The van der Waals surface area contributed by atoms with E-state index in [-0.39, 0.29) is 0 Å². The minimum absolute atomic E-state index is 0.685. The van der Waals surface area contributed by atoms with Gasteiger partial charge in [-0.2, -0.15) is 0 Å². The summed E-state index contributed by atoms with van der Waals surface area (Å²) in [6, 6.07) is 0.685. The Labute approximate surface area is 108 Å². The zero-order valence-electron chi connectivity index (χ0n) is 12.2. The molecule has 1 unspecified atom stereocenters. The highest BCUT2D eigenvalue weighted by molar-refractivity contribution is 4.67. The van der Waals surface area contributed by atoms with Gasteiger partial charge in [-0.25, -0.2) is 0 Å². The number of likely N-dealkylation sites (tertiary alicyclic amines) is 1. The van der Waals surface area contributed by atoms with Gasteiger partial charge in [0, 0.05) is 19.1 Å². The van der Waals surface area contributed by atoms with Crippen LogP contribution < -0.4 is 5.32 Å². The van der Waals surface area contributed by atoms with Gasteiger partial charge in [0.2, 0.25) is 0 Å². The highest BCUT2D eigenvalue weighted by Gasteiger charge is 2.09. The van der Waals surface area contributed by atoms with Gasteiger partial charge in [-0.3, -0.25) is 0 Å². The highest BCUT2D eigenvalue weighted by atomic mass is 15.1. The largest absolute Gasteiger partial charge is 0.313 e. The predicted octanol–water partition coefficient (Wildman–Crippen LogP) is 3.28. The maximum atomic E-state index is 3.66. The number of hydrogen-bond donors (Lipinski definition) is 1. The lowest BCUT2D eigenvalue weighted by Crippen LogP contribution is -2.36. The Bertz CT molecular complexity index is 172. The summed E-state index contributed by atoms with van der Waals surface area (Å²) in [5, 5.41) is 3.66. The van der Waals surface area contributed by atoms with Crippen LogP contribution in [0.4, 0.5) is 0 Å². The molecular weight excluding hydrogens is 208 g/mol. The molecule has 0 aromatic carbocycles. The molecule has 2 heteroatoms. The molecule has 2 nitrogen and oxygen atoms in total. The van der Waals surface area contributed by atoms with Crippen LogP contribution in [0.1, 0.15) is 59.3 Å². The first-order valence-corrected chi connectivity index (χ1v) is 7.64. The fourth-order valence-corrected chi connectivity index (χ4v) is 2.51. The van der Waals surface area contributed by atoms with E-state index in [4.69, 9.17) is 0 Å². The summed E-state index contributed by atoms with van der Waals surface area (Å²) >= 11 is 0. The lowest BCUT2D eigenvalue weighted by atomic mass is 10.0. The van der Waals surface area contributed by atoms with Crippen LogP contribution >= 0.6 is 0 Å². The van der Waals surface area contributed by atoms with E-state index in [0.29, 0.717) is 6.04 Å². The molecule has 1 rings (SSSR count). The van der Waals surface area contributed by atoms with E-state index in [9.17, 15) is 0 Å². The van der Waals surface area contributed by atoms with Gasteiger partial charge in [0.25, 0.3) is 0 Å². The summed E-state index contributed by atoms with van der Waals surface area (Å²) in [5.74, 6) is 0.838. The third kappa shape index (κ3) is 7.77. The maximum absolute atomic E-state index is 3.66. The Morgan fingerprint density at radius 2 is 1.59 bits per heavy atom. The van der Waals surface area contributed by atoms with Crippen molar-refractivity contribution in [3.8, 4) is 0 Å². The molecule has 0 radical (unpaired) electrons. The van der Waals surface area contributed by atoms with E-state index >= 15 is 0 Å². The zero-order valence-corrected chi connectivity index (χ0v) is 12.2. The zero-order chi connectivity index (χ0) is 12.5. The van der Waals surface area contributed by atoms with Crippen LogP contribution in [0.2, 0.25) is 0 Å². The molecule has 0 spiro atoms. The molecule has 17 heavy (non-hydrogen) atoms. The van der Waals surface area contributed by atoms with Crippen LogP contribution in [0.15, 0.2) is 0 Å². The lowest BCUT2D eigenvalue weighted by Gasteiger charge is -2.22. The SMILES string of the molecule is CC(C)CCC(C)NCCN1CCCCCC1. The second-order valence-corrected chi connectivity index (χ2v) is 6.08. The first-order valence-electron chi connectivity index (χ1n) is 7.64. The quantitative estimate of drug-likeness (QED) is 0.735. The van der Waals surface area contributed by atoms with Crippen molar-refractivity contribution in [1.29, 1.82) is 0 Å². The van der Waals surface area contributed by atoms with Crippen molar-refractivity contribution in [2.45, 2.75) is 65.3 Å². The minimum Gasteiger partial charge on any atom is -0.313 e. The second kappa shape index (κ2) is 8.93. The topological polar surface area (TPSA) is 15.3 Å². The first kappa shape index (κ1) is 15.0. The third-order valence-corrected chi connectivity index (χ3v) is 3.80. The Balaban J connectivity index is 2.01. The Kier molecular flexibility index (Phi) is 7.87. The van der Waals surface area contributed by atoms with E-state index in [1.54, 1.807) is 0 Å². The fourth-order valence-electron chi connectivity index (χ4n) is 2.51. The Hall–Kier alpha value is -0.0800. The summed E-state index contributed by atoms with van der Waals surface area (Å²) < 4.78 is 0. The summed E-state index contributed by atoms with van der Waals surface area (Å²) in [7, 11) is 0. The van der Waals surface area contributed by atoms with Crippen molar-refractivity contribution in [2.24, 2.45) is 5.92 Å². The average Bonchev–Trinajstić information content (AvgIpc) is 2.55. The third-order valence-electron chi connectivity index (χ3n) is 3.80. The van der Waals surface area contributed by atoms with E-state index in [1.165, 1.54) is 64.7 Å². The molecule has 1 N–H and O–H groups in total. The lowest BCUT2D eigenvalue weighted by molar-refractivity contribution is 0.278. The number of hydrogen-bond acceptors (Lipinski definition) is 2. The number of rotatable bonds is 7. The van der Waals surface area contributed by atoms with Crippen LogP contribution in [0.5, 0.6) is 0 Å². The van der Waals surface area contributed by atoms with E-state index < -0.39 is 0 Å². The normalized spacial score (nSPS) is 20.5. The molecule has 0 aromatic rings. The van der Waals surface area contributed by atoms with Gasteiger partial charge in [0.15, 0.2) is 0 Å². The van der Waals surface area contributed by atoms with Crippen LogP contribution in [-0.4, -0.2) is 37.1 Å². The Morgan fingerprint density at radius 3 is 2.18 bits per heavy atom. The monoisotopic (exact) mass is 240 g/mol. The molecule has 1 atom stereocenters. The highest BCUT2D eigenvalue weighted by Crippen LogP contribution is 2.09.